The van der Waals surface area contributed by atoms with Crippen LogP contribution in [0.3, 0.4) is 0 Å². The summed E-state index contributed by atoms with van der Waals surface area (Å²) in [5.41, 5.74) is -0.127. The summed E-state index contributed by atoms with van der Waals surface area (Å²) in [6.07, 6.45) is -1.14. The Kier molecular flexibility index (Phi) is 6.26. The number of halogens is 4. The van der Waals surface area contributed by atoms with Crippen LogP contribution in [0.4, 0.5) is 17.6 Å². The van der Waals surface area contributed by atoms with Crippen molar-refractivity contribution in [3.8, 4) is 0 Å². The molecule has 0 bridgehead atoms. The normalized spacial score (nSPS) is 12.6. The van der Waals surface area contributed by atoms with Crippen LogP contribution in [0, 0.1) is 5.82 Å². The highest BCUT2D eigenvalue weighted by molar-refractivity contribution is 8.00. The SMILES string of the molecule is Cn1ccnc1C(NC(=O)CSc1cccc(C(F)(F)F)c1)c1ccc(F)cc1. The summed E-state index contributed by atoms with van der Waals surface area (Å²) in [6, 6.07) is 9.86. The van der Waals surface area contributed by atoms with Crippen molar-refractivity contribution < 1.29 is 22.4 Å². The standard InChI is InChI=1S/C20H17F4N3OS/c1-27-10-9-25-19(27)18(13-5-7-15(21)8-6-13)26-17(28)12-29-16-4-2-3-14(11-16)20(22,23)24/h2-11,18H,12H2,1H3,(H,26,28). The number of hydrogen-bond donors (Lipinski definition) is 1. The third-order valence-corrected chi connectivity index (χ3v) is 5.15. The zero-order valence-electron chi connectivity index (χ0n) is 15.3. The molecule has 9 heteroatoms. The van der Waals surface area contributed by atoms with Gasteiger partial charge in [0.15, 0.2) is 0 Å². The van der Waals surface area contributed by atoms with Gasteiger partial charge in [-0.1, -0.05) is 18.2 Å². The molecule has 0 spiro atoms. The predicted molar refractivity (Wildman–Crippen MR) is 102 cm³/mol. The Morgan fingerprint density at radius 1 is 1.21 bits per heavy atom. The molecule has 3 rings (SSSR count). The molecule has 0 saturated carbocycles. The molecule has 1 heterocycles. The number of aryl methyl sites for hydroxylation is 1. The molecule has 1 unspecified atom stereocenters. The van der Waals surface area contributed by atoms with Crippen molar-refractivity contribution in [3.63, 3.8) is 0 Å². The number of carbonyl (C=O) groups excluding carboxylic acids is 1. The highest BCUT2D eigenvalue weighted by atomic mass is 32.2. The van der Waals surface area contributed by atoms with Crippen LogP contribution < -0.4 is 5.32 Å². The van der Waals surface area contributed by atoms with Crippen LogP contribution in [0.2, 0.25) is 0 Å². The fourth-order valence-electron chi connectivity index (χ4n) is 2.72. The van der Waals surface area contributed by atoms with Crippen LogP contribution in [0.15, 0.2) is 65.8 Å². The van der Waals surface area contributed by atoms with Crippen LogP contribution in [0.25, 0.3) is 0 Å². The Morgan fingerprint density at radius 2 is 1.93 bits per heavy atom. The lowest BCUT2D eigenvalue weighted by atomic mass is 10.1. The van der Waals surface area contributed by atoms with Crippen LogP contribution in [-0.4, -0.2) is 21.2 Å². The van der Waals surface area contributed by atoms with E-state index in [0.29, 0.717) is 16.3 Å². The largest absolute Gasteiger partial charge is 0.416 e. The average molecular weight is 423 g/mol. The zero-order valence-corrected chi connectivity index (χ0v) is 16.1. The molecule has 0 aliphatic rings. The van der Waals surface area contributed by atoms with Gasteiger partial charge in [0, 0.05) is 24.3 Å². The highest BCUT2D eigenvalue weighted by Crippen LogP contribution is 2.32. The van der Waals surface area contributed by atoms with Crippen molar-refractivity contribution in [3.05, 3.63) is 83.7 Å². The van der Waals surface area contributed by atoms with Crippen molar-refractivity contribution in [2.75, 3.05) is 5.75 Å². The zero-order chi connectivity index (χ0) is 21.0. The maximum absolute atomic E-state index is 13.3. The second-order valence-electron chi connectivity index (χ2n) is 6.26. The van der Waals surface area contributed by atoms with Crippen molar-refractivity contribution in [2.45, 2.75) is 17.1 Å². The summed E-state index contributed by atoms with van der Waals surface area (Å²) < 4.78 is 53.5. The first kappa shape index (κ1) is 20.9. The third-order valence-electron chi connectivity index (χ3n) is 4.16. The maximum atomic E-state index is 13.3. The number of thioether (sulfide) groups is 1. The van der Waals surface area contributed by atoms with Crippen LogP contribution in [0.5, 0.6) is 0 Å². The molecule has 4 nitrogen and oxygen atoms in total. The number of hydrogen-bond acceptors (Lipinski definition) is 3. The number of benzene rings is 2. The first-order valence-electron chi connectivity index (χ1n) is 8.56. The molecule has 2 aromatic carbocycles. The predicted octanol–water partition coefficient (Wildman–Crippen LogP) is 4.58. The van der Waals surface area contributed by atoms with E-state index in [-0.39, 0.29) is 11.7 Å². The lowest BCUT2D eigenvalue weighted by Gasteiger charge is -2.19. The summed E-state index contributed by atoms with van der Waals surface area (Å²) in [7, 11) is 1.77. The Labute approximate surface area is 169 Å². The van der Waals surface area contributed by atoms with Gasteiger partial charge < -0.3 is 9.88 Å². The quantitative estimate of drug-likeness (QED) is 0.467. The molecule has 1 aromatic heterocycles. The summed E-state index contributed by atoms with van der Waals surface area (Å²) in [5.74, 6) is -0.318. The molecule has 1 N–H and O–H groups in total. The number of nitrogens with one attached hydrogen (secondary N) is 1. The van der Waals surface area contributed by atoms with Crippen LogP contribution >= 0.6 is 11.8 Å². The van der Waals surface area contributed by atoms with E-state index in [1.165, 1.54) is 24.3 Å². The van der Waals surface area contributed by atoms with E-state index in [0.717, 1.165) is 23.9 Å². The molecule has 1 amide bonds. The highest BCUT2D eigenvalue weighted by Gasteiger charge is 2.30. The first-order chi connectivity index (χ1) is 13.7. The summed E-state index contributed by atoms with van der Waals surface area (Å²) in [4.78, 5) is 17.1. The van der Waals surface area contributed by atoms with Crippen molar-refractivity contribution in [1.82, 2.24) is 14.9 Å². The number of rotatable bonds is 6. The number of nitrogens with zero attached hydrogens (tertiary/aromatic N) is 2. The molecule has 0 radical (unpaired) electrons. The topological polar surface area (TPSA) is 46.9 Å². The van der Waals surface area contributed by atoms with Crippen LogP contribution in [-0.2, 0) is 18.0 Å². The van der Waals surface area contributed by atoms with Gasteiger partial charge in [-0.25, -0.2) is 9.37 Å². The van der Waals surface area contributed by atoms with Gasteiger partial charge in [-0.2, -0.15) is 13.2 Å². The van der Waals surface area contributed by atoms with E-state index in [2.05, 4.69) is 10.3 Å². The molecule has 29 heavy (non-hydrogen) atoms. The lowest BCUT2D eigenvalue weighted by Crippen LogP contribution is -2.32. The molecular weight excluding hydrogens is 406 g/mol. The Morgan fingerprint density at radius 3 is 2.55 bits per heavy atom. The summed E-state index contributed by atoms with van der Waals surface area (Å²) >= 11 is 1.00. The van der Waals surface area contributed by atoms with E-state index >= 15 is 0 Å². The molecule has 0 saturated heterocycles. The lowest BCUT2D eigenvalue weighted by molar-refractivity contribution is -0.137. The minimum atomic E-state index is -4.44. The van der Waals surface area contributed by atoms with Crippen molar-refractivity contribution in [2.24, 2.45) is 7.05 Å². The molecular formula is C20H17F4N3OS. The minimum absolute atomic E-state index is 0.0799. The monoisotopic (exact) mass is 423 g/mol. The van der Waals surface area contributed by atoms with Crippen LogP contribution in [0.1, 0.15) is 23.0 Å². The fourth-order valence-corrected chi connectivity index (χ4v) is 3.49. The van der Waals surface area contributed by atoms with Gasteiger partial charge in [-0.05, 0) is 35.9 Å². The van der Waals surface area contributed by atoms with Crippen molar-refractivity contribution >= 4 is 17.7 Å². The van der Waals surface area contributed by atoms with Gasteiger partial charge in [-0.3, -0.25) is 4.79 Å². The molecule has 0 aliphatic heterocycles. The van der Waals surface area contributed by atoms with Gasteiger partial charge >= 0.3 is 6.18 Å². The molecule has 1 atom stereocenters. The first-order valence-corrected chi connectivity index (χ1v) is 9.54. The minimum Gasteiger partial charge on any atom is -0.341 e. The Balaban J connectivity index is 1.72. The van der Waals surface area contributed by atoms with E-state index in [4.69, 9.17) is 0 Å². The van der Waals surface area contributed by atoms with Gasteiger partial charge in [0.25, 0.3) is 0 Å². The fraction of sp³-hybridized carbons (Fsp3) is 0.200. The number of alkyl halides is 3. The van der Waals surface area contributed by atoms with Gasteiger partial charge in [-0.15, -0.1) is 11.8 Å². The molecule has 0 fully saturated rings. The maximum Gasteiger partial charge on any atom is 0.416 e. The van der Waals surface area contributed by atoms with Gasteiger partial charge in [0.2, 0.25) is 5.91 Å². The second-order valence-corrected chi connectivity index (χ2v) is 7.31. The van der Waals surface area contributed by atoms with E-state index in [1.54, 1.807) is 36.1 Å². The van der Waals surface area contributed by atoms with Gasteiger partial charge in [0.05, 0.1) is 11.3 Å². The second kappa shape index (κ2) is 8.69. The van der Waals surface area contributed by atoms with E-state index < -0.39 is 23.6 Å². The number of amides is 1. The smallest absolute Gasteiger partial charge is 0.341 e. The van der Waals surface area contributed by atoms with E-state index in [1.807, 2.05) is 0 Å². The summed E-state index contributed by atoms with van der Waals surface area (Å²) in [5, 5.41) is 2.82. The number of carbonyl (C=O) groups is 1. The average Bonchev–Trinajstić information content (AvgIpc) is 3.10. The Bertz CT molecular complexity index is 986. The molecule has 0 aliphatic carbocycles. The number of imidazole rings is 1. The van der Waals surface area contributed by atoms with Crippen molar-refractivity contribution in [1.29, 1.82) is 0 Å². The van der Waals surface area contributed by atoms with E-state index in [9.17, 15) is 22.4 Å². The third kappa shape index (κ3) is 5.38. The number of aromatic nitrogens is 2. The molecule has 152 valence electrons. The summed E-state index contributed by atoms with van der Waals surface area (Å²) in [6.45, 7) is 0. The molecule has 3 aromatic rings. The van der Waals surface area contributed by atoms with Gasteiger partial charge in [0.1, 0.15) is 17.7 Å². The Hall–Kier alpha value is -2.81.